The van der Waals surface area contributed by atoms with Crippen LogP contribution in [0.2, 0.25) is 0 Å². The number of likely N-dealkylation sites (N-methyl/N-ethyl adjacent to an activating group) is 1. The number of hydrogen-bond donors (Lipinski definition) is 1. The normalized spacial score (nSPS) is 11.5. The molecule has 0 unspecified atom stereocenters. The molecule has 7 nitrogen and oxygen atoms in total. The van der Waals surface area contributed by atoms with Gasteiger partial charge in [-0.15, -0.1) is 0 Å². The fourth-order valence-corrected chi connectivity index (χ4v) is 3.03. The first-order valence-corrected chi connectivity index (χ1v) is 8.75. The Morgan fingerprint density at radius 3 is 2.52 bits per heavy atom. The maximum absolute atomic E-state index is 12.1. The molecule has 0 aliphatic heterocycles. The molecule has 27 heavy (non-hydrogen) atoms. The summed E-state index contributed by atoms with van der Waals surface area (Å²) in [5.41, 5.74) is 3.36. The smallest absolute Gasteiger partial charge is 0.354 e. The fraction of sp³-hybridized carbons (Fsp3) is 0.400. The van der Waals surface area contributed by atoms with Crippen LogP contribution < -0.4 is 0 Å². The monoisotopic (exact) mass is 374 g/mol. The maximum Gasteiger partial charge on any atom is 0.354 e. The number of nitrogens with zero attached hydrogens (tertiary/aromatic N) is 1. The van der Waals surface area contributed by atoms with Gasteiger partial charge in [0, 0.05) is 48.8 Å². The van der Waals surface area contributed by atoms with Crippen LogP contribution in [0.5, 0.6) is 0 Å². The van der Waals surface area contributed by atoms with Crippen LogP contribution in [0.15, 0.2) is 36.0 Å². The molecule has 0 radical (unpaired) electrons. The Morgan fingerprint density at radius 2 is 1.89 bits per heavy atom. The van der Waals surface area contributed by atoms with Crippen molar-refractivity contribution in [3.8, 4) is 0 Å². The number of nitrogens with one attached hydrogen (secondary N) is 1. The van der Waals surface area contributed by atoms with E-state index >= 15 is 0 Å². The summed E-state index contributed by atoms with van der Waals surface area (Å²) in [5.74, 6) is -1.17. The van der Waals surface area contributed by atoms with E-state index in [4.69, 9.17) is 9.47 Å². The van der Waals surface area contributed by atoms with Crippen LogP contribution in [0.3, 0.4) is 0 Å². The Bertz CT molecular complexity index is 825. The summed E-state index contributed by atoms with van der Waals surface area (Å²) in [5, 5.41) is 1.12. The van der Waals surface area contributed by atoms with Crippen molar-refractivity contribution >= 4 is 22.8 Å². The van der Waals surface area contributed by atoms with Crippen molar-refractivity contribution in [3.63, 3.8) is 0 Å². The average Bonchev–Trinajstić information content (AvgIpc) is 3.04. The number of methoxy groups -OCH3 is 3. The van der Waals surface area contributed by atoms with Gasteiger partial charge in [-0.05, 0) is 13.0 Å². The van der Waals surface area contributed by atoms with Crippen molar-refractivity contribution in [2.24, 2.45) is 0 Å². The third-order valence-corrected chi connectivity index (χ3v) is 4.40. The highest BCUT2D eigenvalue weighted by Crippen LogP contribution is 2.24. The minimum absolute atomic E-state index is 0.177. The van der Waals surface area contributed by atoms with Crippen LogP contribution in [0, 0.1) is 0 Å². The van der Waals surface area contributed by atoms with E-state index in [1.807, 2.05) is 25.1 Å². The highest BCUT2D eigenvalue weighted by atomic mass is 16.5. The molecule has 0 spiro atoms. The van der Waals surface area contributed by atoms with Crippen LogP contribution in [0.1, 0.15) is 18.2 Å². The van der Waals surface area contributed by atoms with E-state index in [-0.39, 0.29) is 5.70 Å². The summed E-state index contributed by atoms with van der Waals surface area (Å²) in [6.07, 6.45) is 1.81. The standard InChI is InChI=1S/C20H26N2O5/c1-5-22(18(20(24)27-4)12-19(23)26-3)11-10-17-15(13-25-2)14-8-6-7-9-16(14)21-17/h6-9,12,21H,5,10-11,13H2,1-4H3/b18-12+. The quantitative estimate of drug-likeness (QED) is 0.536. The van der Waals surface area contributed by atoms with Gasteiger partial charge in [-0.1, -0.05) is 18.2 Å². The molecule has 0 fully saturated rings. The minimum atomic E-state index is -0.598. The number of aromatic nitrogens is 1. The Balaban J connectivity index is 2.27. The van der Waals surface area contributed by atoms with E-state index in [0.29, 0.717) is 26.1 Å². The fourth-order valence-electron chi connectivity index (χ4n) is 3.03. The lowest BCUT2D eigenvalue weighted by atomic mass is 10.1. The zero-order valence-corrected chi connectivity index (χ0v) is 16.2. The summed E-state index contributed by atoms with van der Waals surface area (Å²) in [4.78, 5) is 29.0. The molecule has 0 aliphatic rings. The van der Waals surface area contributed by atoms with Crippen molar-refractivity contribution < 1.29 is 23.8 Å². The summed E-state index contributed by atoms with van der Waals surface area (Å²) in [6, 6.07) is 8.04. The van der Waals surface area contributed by atoms with Crippen molar-refractivity contribution in [2.75, 3.05) is 34.4 Å². The number of ether oxygens (including phenoxy) is 3. The molecule has 7 heteroatoms. The van der Waals surface area contributed by atoms with E-state index in [0.717, 1.165) is 28.2 Å². The molecule has 1 aromatic heterocycles. The molecule has 146 valence electrons. The average molecular weight is 374 g/mol. The van der Waals surface area contributed by atoms with Gasteiger partial charge in [0.2, 0.25) is 0 Å². The molecular weight excluding hydrogens is 348 g/mol. The molecular formula is C20H26N2O5. The minimum Gasteiger partial charge on any atom is -0.466 e. The summed E-state index contributed by atoms with van der Waals surface area (Å²) in [6.45, 7) is 3.47. The zero-order chi connectivity index (χ0) is 19.8. The summed E-state index contributed by atoms with van der Waals surface area (Å²) >= 11 is 0. The number of rotatable bonds is 9. The Morgan fingerprint density at radius 1 is 1.15 bits per heavy atom. The van der Waals surface area contributed by atoms with Gasteiger partial charge in [0.25, 0.3) is 0 Å². The molecule has 1 aromatic carbocycles. The van der Waals surface area contributed by atoms with Crippen LogP contribution >= 0.6 is 0 Å². The van der Waals surface area contributed by atoms with Crippen molar-refractivity contribution in [1.29, 1.82) is 0 Å². The number of H-pyrrole nitrogens is 1. The second-order valence-corrected chi connectivity index (χ2v) is 5.93. The van der Waals surface area contributed by atoms with Crippen molar-refractivity contribution in [3.05, 3.63) is 47.3 Å². The first-order valence-electron chi connectivity index (χ1n) is 8.75. The van der Waals surface area contributed by atoms with Gasteiger partial charge in [-0.3, -0.25) is 0 Å². The van der Waals surface area contributed by atoms with Gasteiger partial charge in [0.1, 0.15) is 5.70 Å². The molecule has 0 amide bonds. The highest BCUT2D eigenvalue weighted by molar-refractivity contribution is 5.95. The van der Waals surface area contributed by atoms with Crippen molar-refractivity contribution in [2.45, 2.75) is 20.0 Å². The molecule has 0 bridgehead atoms. The number of carbonyl (C=O) groups excluding carboxylic acids is 2. The number of hydrogen-bond acceptors (Lipinski definition) is 6. The molecule has 2 rings (SSSR count). The number of esters is 2. The zero-order valence-electron chi connectivity index (χ0n) is 16.2. The SMILES string of the molecule is CCN(CCc1[nH]c2ccccc2c1COC)/C(=C/C(=O)OC)C(=O)OC. The number of benzene rings is 1. The van der Waals surface area contributed by atoms with Gasteiger partial charge in [-0.2, -0.15) is 0 Å². The third-order valence-electron chi connectivity index (χ3n) is 4.40. The predicted octanol–water partition coefficient (Wildman–Crippen LogP) is 2.41. The molecule has 2 aromatic rings. The lowest BCUT2D eigenvalue weighted by molar-refractivity contribution is -0.140. The van der Waals surface area contributed by atoms with Gasteiger partial charge in [0.15, 0.2) is 0 Å². The molecule has 0 saturated heterocycles. The number of fused-ring (bicyclic) bond motifs is 1. The second kappa shape index (κ2) is 9.78. The lowest BCUT2D eigenvalue weighted by Gasteiger charge is -2.24. The van der Waals surface area contributed by atoms with E-state index < -0.39 is 11.9 Å². The molecule has 0 saturated carbocycles. The molecule has 0 aliphatic carbocycles. The first kappa shape index (κ1) is 20.5. The first-order chi connectivity index (χ1) is 13.0. The Hall–Kier alpha value is -2.80. The number of aromatic amines is 1. The topological polar surface area (TPSA) is 80.9 Å². The van der Waals surface area contributed by atoms with E-state index in [1.54, 1.807) is 12.0 Å². The summed E-state index contributed by atoms with van der Waals surface area (Å²) in [7, 11) is 4.22. The lowest BCUT2D eigenvalue weighted by Crippen LogP contribution is -2.31. The van der Waals surface area contributed by atoms with Gasteiger partial charge < -0.3 is 24.1 Å². The second-order valence-electron chi connectivity index (χ2n) is 5.93. The Kier molecular flexibility index (Phi) is 7.43. The third kappa shape index (κ3) is 4.89. The Labute approximate surface area is 158 Å². The van der Waals surface area contributed by atoms with Gasteiger partial charge >= 0.3 is 11.9 Å². The number of carbonyl (C=O) groups is 2. The summed E-state index contributed by atoms with van der Waals surface area (Å²) < 4.78 is 14.8. The van der Waals surface area contributed by atoms with E-state index in [2.05, 4.69) is 15.8 Å². The molecule has 1 heterocycles. The number of para-hydroxylation sites is 1. The predicted molar refractivity (Wildman–Crippen MR) is 102 cm³/mol. The molecule has 0 atom stereocenters. The van der Waals surface area contributed by atoms with Crippen LogP contribution in [-0.4, -0.2) is 56.2 Å². The van der Waals surface area contributed by atoms with Crippen LogP contribution in [0.25, 0.3) is 10.9 Å². The highest BCUT2D eigenvalue weighted by Gasteiger charge is 2.20. The van der Waals surface area contributed by atoms with Crippen LogP contribution in [-0.2, 0) is 36.8 Å². The van der Waals surface area contributed by atoms with E-state index in [1.165, 1.54) is 14.2 Å². The van der Waals surface area contributed by atoms with Crippen molar-refractivity contribution in [1.82, 2.24) is 9.88 Å². The van der Waals surface area contributed by atoms with Gasteiger partial charge in [0.05, 0.1) is 26.9 Å². The largest absolute Gasteiger partial charge is 0.466 e. The molecule has 1 N–H and O–H groups in total. The maximum atomic E-state index is 12.1. The van der Waals surface area contributed by atoms with E-state index in [9.17, 15) is 9.59 Å². The van der Waals surface area contributed by atoms with Gasteiger partial charge in [-0.25, -0.2) is 9.59 Å². The van der Waals surface area contributed by atoms with Crippen LogP contribution in [0.4, 0.5) is 0 Å².